The van der Waals surface area contributed by atoms with Gasteiger partial charge >= 0.3 is 0 Å². The number of aliphatic hydroxyl groups is 1. The first-order valence-corrected chi connectivity index (χ1v) is 7.46. The first kappa shape index (κ1) is 13.4. The monoisotopic (exact) mass is 275 g/mol. The van der Waals surface area contributed by atoms with Crippen LogP contribution >= 0.6 is 0 Å². The Morgan fingerprint density at radius 2 is 2.05 bits per heavy atom. The van der Waals surface area contributed by atoms with Crippen LogP contribution in [0.1, 0.15) is 42.5 Å². The SMILES string of the molecule is O=C(c1cccc(OC2CCCC2)c1)N1CC[C@H](O)C1. The van der Waals surface area contributed by atoms with Gasteiger partial charge in [0.2, 0.25) is 0 Å². The highest BCUT2D eigenvalue weighted by Gasteiger charge is 2.25. The van der Waals surface area contributed by atoms with Crippen LogP contribution in [0, 0.1) is 0 Å². The fourth-order valence-corrected chi connectivity index (χ4v) is 3.01. The number of hydrogen-bond acceptors (Lipinski definition) is 3. The Labute approximate surface area is 119 Å². The average molecular weight is 275 g/mol. The van der Waals surface area contributed by atoms with Crippen LogP contribution in [0.25, 0.3) is 0 Å². The lowest BCUT2D eigenvalue weighted by atomic mass is 10.2. The highest BCUT2D eigenvalue weighted by molar-refractivity contribution is 5.94. The maximum absolute atomic E-state index is 12.3. The summed E-state index contributed by atoms with van der Waals surface area (Å²) in [4.78, 5) is 14.0. The molecular weight excluding hydrogens is 254 g/mol. The first-order chi connectivity index (χ1) is 9.72. The zero-order valence-corrected chi connectivity index (χ0v) is 11.6. The predicted octanol–water partition coefficient (Wildman–Crippen LogP) is 2.21. The van der Waals surface area contributed by atoms with Crippen molar-refractivity contribution in [2.45, 2.75) is 44.3 Å². The first-order valence-electron chi connectivity index (χ1n) is 7.46. The molecule has 1 N–H and O–H groups in total. The van der Waals surface area contributed by atoms with E-state index in [-0.39, 0.29) is 12.0 Å². The lowest BCUT2D eigenvalue weighted by Crippen LogP contribution is -2.29. The molecule has 2 aliphatic rings. The van der Waals surface area contributed by atoms with Gasteiger partial charge in [0.1, 0.15) is 5.75 Å². The van der Waals surface area contributed by atoms with E-state index in [4.69, 9.17) is 4.74 Å². The van der Waals surface area contributed by atoms with Crippen molar-refractivity contribution in [3.63, 3.8) is 0 Å². The molecule has 1 aromatic carbocycles. The summed E-state index contributed by atoms with van der Waals surface area (Å²) >= 11 is 0. The normalized spacial score (nSPS) is 23.2. The fourth-order valence-electron chi connectivity index (χ4n) is 3.01. The zero-order chi connectivity index (χ0) is 13.9. The molecule has 20 heavy (non-hydrogen) atoms. The summed E-state index contributed by atoms with van der Waals surface area (Å²) in [6.45, 7) is 1.07. The summed E-state index contributed by atoms with van der Waals surface area (Å²) in [5.74, 6) is 0.765. The molecular formula is C16H21NO3. The summed E-state index contributed by atoms with van der Waals surface area (Å²) in [6.07, 6.45) is 5.27. The van der Waals surface area contributed by atoms with Crippen molar-refractivity contribution in [2.24, 2.45) is 0 Å². The van der Waals surface area contributed by atoms with Crippen molar-refractivity contribution in [3.05, 3.63) is 29.8 Å². The van der Waals surface area contributed by atoms with E-state index in [0.717, 1.165) is 18.6 Å². The number of amides is 1. The van der Waals surface area contributed by atoms with E-state index in [2.05, 4.69) is 0 Å². The van der Waals surface area contributed by atoms with E-state index in [1.165, 1.54) is 12.8 Å². The van der Waals surface area contributed by atoms with Gasteiger partial charge in [-0.15, -0.1) is 0 Å². The molecule has 0 bridgehead atoms. The van der Waals surface area contributed by atoms with E-state index >= 15 is 0 Å². The number of aliphatic hydroxyl groups excluding tert-OH is 1. The molecule has 1 amide bonds. The van der Waals surface area contributed by atoms with E-state index in [0.29, 0.717) is 31.2 Å². The van der Waals surface area contributed by atoms with Crippen LogP contribution in [0.15, 0.2) is 24.3 Å². The summed E-state index contributed by atoms with van der Waals surface area (Å²) in [6, 6.07) is 7.41. The Morgan fingerprint density at radius 3 is 2.75 bits per heavy atom. The quantitative estimate of drug-likeness (QED) is 0.920. The molecule has 2 fully saturated rings. The third-order valence-electron chi connectivity index (χ3n) is 4.14. The lowest BCUT2D eigenvalue weighted by molar-refractivity contribution is 0.0764. The molecule has 1 heterocycles. The van der Waals surface area contributed by atoms with Crippen LogP contribution in [-0.4, -0.2) is 41.2 Å². The van der Waals surface area contributed by atoms with E-state index < -0.39 is 0 Å². The standard InChI is InChI=1S/C16H21NO3/c18-13-8-9-17(11-13)16(19)12-4-3-7-15(10-12)20-14-5-1-2-6-14/h3-4,7,10,13-14,18H,1-2,5-6,8-9,11H2/t13-/m0/s1. The molecule has 1 aliphatic heterocycles. The zero-order valence-electron chi connectivity index (χ0n) is 11.6. The third kappa shape index (κ3) is 2.96. The number of benzene rings is 1. The second-order valence-electron chi connectivity index (χ2n) is 5.75. The summed E-state index contributed by atoms with van der Waals surface area (Å²) < 4.78 is 5.93. The van der Waals surface area contributed by atoms with Crippen molar-refractivity contribution < 1.29 is 14.6 Å². The molecule has 1 aliphatic carbocycles. The van der Waals surface area contributed by atoms with Crippen LogP contribution in [0.5, 0.6) is 5.75 Å². The van der Waals surface area contributed by atoms with E-state index in [1.807, 2.05) is 24.3 Å². The summed E-state index contributed by atoms with van der Waals surface area (Å²) in [5, 5.41) is 9.52. The molecule has 1 saturated heterocycles. The second-order valence-corrected chi connectivity index (χ2v) is 5.75. The van der Waals surface area contributed by atoms with Gasteiger partial charge in [-0.3, -0.25) is 4.79 Å². The van der Waals surface area contributed by atoms with Gasteiger partial charge in [0.05, 0.1) is 12.2 Å². The highest BCUT2D eigenvalue weighted by atomic mass is 16.5. The van der Waals surface area contributed by atoms with Crippen LogP contribution in [0.2, 0.25) is 0 Å². The molecule has 4 nitrogen and oxygen atoms in total. The summed E-state index contributed by atoms with van der Waals surface area (Å²) in [5.41, 5.74) is 0.648. The molecule has 1 aromatic rings. The molecule has 0 spiro atoms. The highest BCUT2D eigenvalue weighted by Crippen LogP contribution is 2.25. The van der Waals surface area contributed by atoms with E-state index in [1.54, 1.807) is 4.90 Å². The number of hydrogen-bond donors (Lipinski definition) is 1. The van der Waals surface area contributed by atoms with Gasteiger partial charge in [-0.25, -0.2) is 0 Å². The minimum absolute atomic E-state index is 0.0154. The van der Waals surface area contributed by atoms with Gasteiger partial charge in [-0.1, -0.05) is 6.07 Å². The average Bonchev–Trinajstić information content (AvgIpc) is 3.10. The van der Waals surface area contributed by atoms with Crippen LogP contribution in [-0.2, 0) is 0 Å². The number of ether oxygens (including phenoxy) is 1. The predicted molar refractivity (Wildman–Crippen MR) is 75.9 cm³/mol. The second kappa shape index (κ2) is 5.83. The summed E-state index contributed by atoms with van der Waals surface area (Å²) in [7, 11) is 0. The van der Waals surface area contributed by atoms with Crippen LogP contribution in [0.3, 0.4) is 0 Å². The van der Waals surface area contributed by atoms with Crippen molar-refractivity contribution in [1.82, 2.24) is 4.90 Å². The minimum Gasteiger partial charge on any atom is -0.490 e. The Bertz CT molecular complexity index is 482. The van der Waals surface area contributed by atoms with Crippen LogP contribution in [0.4, 0.5) is 0 Å². The number of carbonyl (C=O) groups excluding carboxylic acids is 1. The number of rotatable bonds is 3. The topological polar surface area (TPSA) is 49.8 Å². The molecule has 108 valence electrons. The van der Waals surface area contributed by atoms with Gasteiger partial charge < -0.3 is 14.7 Å². The van der Waals surface area contributed by atoms with Crippen molar-refractivity contribution >= 4 is 5.91 Å². The van der Waals surface area contributed by atoms with Gasteiger partial charge in [0.15, 0.2) is 0 Å². The number of carbonyl (C=O) groups is 1. The fraction of sp³-hybridized carbons (Fsp3) is 0.562. The Balaban J connectivity index is 1.68. The van der Waals surface area contributed by atoms with Gasteiger partial charge in [-0.05, 0) is 50.3 Å². The largest absolute Gasteiger partial charge is 0.490 e. The number of β-amino-alcohol motifs (C(OH)–C–C–N with tert-alkyl or cyclic N) is 1. The molecule has 3 rings (SSSR count). The van der Waals surface area contributed by atoms with E-state index in [9.17, 15) is 9.90 Å². The number of nitrogens with zero attached hydrogens (tertiary/aromatic N) is 1. The van der Waals surface area contributed by atoms with Crippen molar-refractivity contribution in [3.8, 4) is 5.75 Å². The van der Waals surface area contributed by atoms with Gasteiger partial charge in [-0.2, -0.15) is 0 Å². The molecule has 0 radical (unpaired) electrons. The van der Waals surface area contributed by atoms with Gasteiger partial charge in [0.25, 0.3) is 5.91 Å². The Morgan fingerprint density at radius 1 is 1.25 bits per heavy atom. The Kier molecular flexibility index (Phi) is 3.92. The van der Waals surface area contributed by atoms with Crippen LogP contribution < -0.4 is 4.74 Å². The molecule has 4 heteroatoms. The van der Waals surface area contributed by atoms with Crippen molar-refractivity contribution in [2.75, 3.05) is 13.1 Å². The molecule has 0 unspecified atom stereocenters. The maximum atomic E-state index is 12.3. The maximum Gasteiger partial charge on any atom is 0.254 e. The van der Waals surface area contributed by atoms with Gasteiger partial charge in [0, 0.05) is 18.7 Å². The van der Waals surface area contributed by atoms with Crippen molar-refractivity contribution in [1.29, 1.82) is 0 Å². The third-order valence-corrected chi connectivity index (χ3v) is 4.14. The molecule has 1 atom stereocenters. The molecule has 1 saturated carbocycles. The number of likely N-dealkylation sites (tertiary alicyclic amines) is 1. The Hall–Kier alpha value is -1.55. The lowest BCUT2D eigenvalue weighted by Gasteiger charge is -2.17. The molecule has 0 aromatic heterocycles. The smallest absolute Gasteiger partial charge is 0.254 e. The minimum atomic E-state index is -0.378.